The number of hydrogen-bond donors (Lipinski definition) is 0. The van der Waals surface area contributed by atoms with Gasteiger partial charge in [0.05, 0.1) is 6.61 Å². The Morgan fingerprint density at radius 2 is 1.79 bits per heavy atom. The van der Waals surface area contributed by atoms with Gasteiger partial charge in [0.25, 0.3) is 0 Å². The van der Waals surface area contributed by atoms with E-state index in [2.05, 4.69) is 9.72 Å². The standard InChI is InChI=1S/C10H6F6N2O/c11-9(12,13)8(10(14,15)16)19-5-6-1-2-18-7(3-6)4-17/h1-3,8H,5H2. The average Bonchev–Trinajstić information content (AvgIpc) is 2.26. The van der Waals surface area contributed by atoms with Gasteiger partial charge in [-0.15, -0.1) is 0 Å². The molecule has 0 unspecified atom stereocenters. The number of nitriles is 1. The Kier molecular flexibility index (Phi) is 4.36. The van der Waals surface area contributed by atoms with Crippen LogP contribution in [0, 0.1) is 11.3 Å². The van der Waals surface area contributed by atoms with Crippen LogP contribution >= 0.6 is 0 Å². The van der Waals surface area contributed by atoms with Gasteiger partial charge in [-0.05, 0) is 17.7 Å². The van der Waals surface area contributed by atoms with Crippen molar-refractivity contribution in [2.24, 2.45) is 0 Å². The first-order chi connectivity index (χ1) is 8.64. The van der Waals surface area contributed by atoms with Crippen LogP contribution in [0.4, 0.5) is 26.3 Å². The molecule has 0 atom stereocenters. The van der Waals surface area contributed by atoms with Crippen molar-refractivity contribution < 1.29 is 31.1 Å². The topological polar surface area (TPSA) is 45.9 Å². The number of rotatable bonds is 3. The quantitative estimate of drug-likeness (QED) is 0.802. The maximum Gasteiger partial charge on any atom is 0.423 e. The first kappa shape index (κ1) is 15.2. The molecule has 1 aromatic rings. The number of pyridine rings is 1. The lowest BCUT2D eigenvalue weighted by Gasteiger charge is -2.23. The lowest BCUT2D eigenvalue weighted by atomic mass is 10.2. The second kappa shape index (κ2) is 5.44. The highest BCUT2D eigenvalue weighted by molar-refractivity contribution is 5.24. The van der Waals surface area contributed by atoms with Crippen molar-refractivity contribution in [3.05, 3.63) is 29.6 Å². The van der Waals surface area contributed by atoms with Crippen molar-refractivity contribution in [2.75, 3.05) is 0 Å². The maximum atomic E-state index is 12.2. The van der Waals surface area contributed by atoms with Gasteiger partial charge in [0.1, 0.15) is 11.8 Å². The molecule has 0 saturated carbocycles. The first-order valence-electron chi connectivity index (χ1n) is 4.74. The van der Waals surface area contributed by atoms with Gasteiger partial charge in [-0.2, -0.15) is 31.6 Å². The number of ether oxygens (including phenoxy) is 1. The minimum absolute atomic E-state index is 0.00921. The summed E-state index contributed by atoms with van der Waals surface area (Å²) in [6, 6.07) is 3.81. The van der Waals surface area contributed by atoms with Gasteiger partial charge in [0.2, 0.25) is 6.10 Å². The fourth-order valence-corrected chi connectivity index (χ4v) is 1.18. The summed E-state index contributed by atoms with van der Waals surface area (Å²) in [6.07, 6.45) is -13.9. The van der Waals surface area contributed by atoms with E-state index in [0.717, 1.165) is 18.3 Å². The Morgan fingerprint density at radius 1 is 1.21 bits per heavy atom. The lowest BCUT2D eigenvalue weighted by Crippen LogP contribution is -2.44. The fourth-order valence-electron chi connectivity index (χ4n) is 1.18. The maximum absolute atomic E-state index is 12.2. The van der Waals surface area contributed by atoms with Gasteiger partial charge in [-0.3, -0.25) is 0 Å². The molecule has 104 valence electrons. The van der Waals surface area contributed by atoms with E-state index in [1.807, 2.05) is 0 Å². The summed E-state index contributed by atoms with van der Waals surface area (Å²) < 4.78 is 76.8. The summed E-state index contributed by atoms with van der Waals surface area (Å²) in [4.78, 5) is 3.52. The molecule has 0 aliphatic carbocycles. The molecule has 0 spiro atoms. The first-order valence-corrected chi connectivity index (χ1v) is 4.74. The van der Waals surface area contributed by atoms with Crippen molar-refractivity contribution in [1.82, 2.24) is 4.98 Å². The molecule has 0 amide bonds. The second-order valence-electron chi connectivity index (χ2n) is 3.44. The molecule has 0 radical (unpaired) electrons. The lowest BCUT2D eigenvalue weighted by molar-refractivity contribution is -0.324. The van der Waals surface area contributed by atoms with E-state index in [-0.39, 0.29) is 11.3 Å². The zero-order chi connectivity index (χ0) is 14.7. The predicted octanol–water partition coefficient (Wildman–Crippen LogP) is 2.96. The molecule has 0 aromatic carbocycles. The van der Waals surface area contributed by atoms with Crippen LogP contribution in [0.25, 0.3) is 0 Å². The van der Waals surface area contributed by atoms with Crippen LogP contribution < -0.4 is 0 Å². The molecule has 1 rings (SSSR count). The highest BCUT2D eigenvalue weighted by atomic mass is 19.4. The molecule has 0 bridgehead atoms. The zero-order valence-electron chi connectivity index (χ0n) is 9.09. The molecule has 0 N–H and O–H groups in total. The molecule has 0 saturated heterocycles. The van der Waals surface area contributed by atoms with Gasteiger partial charge in [-0.1, -0.05) is 0 Å². The van der Waals surface area contributed by atoms with Gasteiger partial charge in [0.15, 0.2) is 0 Å². The Hall–Kier alpha value is -1.82. The Labute approximate surface area is 103 Å². The molecule has 0 aliphatic heterocycles. The molecule has 1 heterocycles. The Morgan fingerprint density at radius 3 is 2.26 bits per heavy atom. The third-order valence-electron chi connectivity index (χ3n) is 1.95. The zero-order valence-corrected chi connectivity index (χ0v) is 9.09. The van der Waals surface area contributed by atoms with Gasteiger partial charge in [0, 0.05) is 6.20 Å². The fraction of sp³-hybridized carbons (Fsp3) is 0.400. The number of nitrogens with zero attached hydrogens (tertiary/aromatic N) is 2. The highest BCUT2D eigenvalue weighted by Crippen LogP contribution is 2.36. The molecule has 19 heavy (non-hydrogen) atoms. The summed E-state index contributed by atoms with van der Waals surface area (Å²) in [6.45, 7) is -0.930. The van der Waals surface area contributed by atoms with Crippen molar-refractivity contribution in [1.29, 1.82) is 5.26 Å². The average molecular weight is 284 g/mol. The SMILES string of the molecule is N#Cc1cc(COC(C(F)(F)F)C(F)(F)F)ccn1. The van der Waals surface area contributed by atoms with Crippen LogP contribution in [-0.4, -0.2) is 23.4 Å². The van der Waals surface area contributed by atoms with Crippen molar-refractivity contribution in [3.8, 4) is 6.07 Å². The minimum atomic E-state index is -5.55. The molecule has 3 nitrogen and oxygen atoms in total. The van der Waals surface area contributed by atoms with Gasteiger partial charge in [-0.25, -0.2) is 4.98 Å². The van der Waals surface area contributed by atoms with E-state index in [4.69, 9.17) is 5.26 Å². The summed E-state index contributed by atoms with van der Waals surface area (Å²) in [7, 11) is 0. The second-order valence-corrected chi connectivity index (χ2v) is 3.44. The van der Waals surface area contributed by atoms with E-state index in [1.165, 1.54) is 0 Å². The van der Waals surface area contributed by atoms with E-state index in [9.17, 15) is 26.3 Å². The van der Waals surface area contributed by atoms with Crippen molar-refractivity contribution >= 4 is 0 Å². The molecule has 0 aliphatic rings. The van der Waals surface area contributed by atoms with E-state index < -0.39 is 25.1 Å². The number of alkyl halides is 6. The number of aromatic nitrogens is 1. The number of hydrogen-bond acceptors (Lipinski definition) is 3. The number of halogens is 6. The largest absolute Gasteiger partial charge is 0.423 e. The van der Waals surface area contributed by atoms with E-state index >= 15 is 0 Å². The van der Waals surface area contributed by atoms with E-state index in [1.54, 1.807) is 6.07 Å². The summed E-state index contributed by atoms with van der Waals surface area (Å²) in [5.41, 5.74) is -0.137. The molecule has 0 fully saturated rings. The smallest absolute Gasteiger partial charge is 0.356 e. The molecular formula is C10H6F6N2O. The Bertz CT molecular complexity index is 462. The van der Waals surface area contributed by atoms with E-state index in [0.29, 0.717) is 0 Å². The molecule has 1 aromatic heterocycles. The van der Waals surface area contributed by atoms with Crippen LogP contribution in [0.2, 0.25) is 0 Å². The van der Waals surface area contributed by atoms with Gasteiger partial charge >= 0.3 is 12.4 Å². The summed E-state index contributed by atoms with van der Waals surface area (Å²) >= 11 is 0. The predicted molar refractivity (Wildman–Crippen MR) is 49.6 cm³/mol. The molecular weight excluding hydrogens is 278 g/mol. The monoisotopic (exact) mass is 284 g/mol. The normalized spacial score (nSPS) is 12.5. The summed E-state index contributed by atoms with van der Waals surface area (Å²) in [5.74, 6) is 0. The van der Waals surface area contributed by atoms with Crippen LogP contribution in [0.5, 0.6) is 0 Å². The van der Waals surface area contributed by atoms with Crippen molar-refractivity contribution in [3.63, 3.8) is 0 Å². The highest BCUT2D eigenvalue weighted by Gasteiger charge is 2.57. The third kappa shape index (κ3) is 4.40. The van der Waals surface area contributed by atoms with Crippen LogP contribution in [0.3, 0.4) is 0 Å². The van der Waals surface area contributed by atoms with Crippen LogP contribution in [0.15, 0.2) is 18.3 Å². The molecule has 9 heteroatoms. The van der Waals surface area contributed by atoms with Gasteiger partial charge < -0.3 is 4.74 Å². The third-order valence-corrected chi connectivity index (χ3v) is 1.95. The Balaban J connectivity index is 2.80. The minimum Gasteiger partial charge on any atom is -0.356 e. The van der Waals surface area contributed by atoms with Crippen LogP contribution in [0.1, 0.15) is 11.3 Å². The summed E-state index contributed by atoms with van der Waals surface area (Å²) in [5, 5.41) is 8.48. The van der Waals surface area contributed by atoms with Crippen LogP contribution in [-0.2, 0) is 11.3 Å². The van der Waals surface area contributed by atoms with Crippen molar-refractivity contribution in [2.45, 2.75) is 25.1 Å².